The summed E-state index contributed by atoms with van der Waals surface area (Å²) in [6.45, 7) is 0. The fraction of sp³-hybridized carbons (Fsp3) is 0.0175. The van der Waals surface area contributed by atoms with Crippen LogP contribution in [0, 0.1) is 0 Å². The molecule has 59 heavy (non-hydrogen) atoms. The molecule has 10 aromatic carbocycles. The quantitative estimate of drug-likeness (QED) is 0.168. The van der Waals surface area contributed by atoms with E-state index in [4.69, 9.17) is 4.42 Å². The number of rotatable bonds is 6. The Labute approximate surface area is 342 Å². The number of para-hydroxylation sites is 1. The van der Waals surface area contributed by atoms with Crippen LogP contribution in [0.4, 0.5) is 17.1 Å². The molecule has 0 radical (unpaired) electrons. The third-order valence-electron chi connectivity index (χ3n) is 12.5. The normalized spacial score (nSPS) is 12.9. The smallest absolute Gasteiger partial charge is 0.159 e. The molecule has 0 saturated heterocycles. The van der Waals surface area contributed by atoms with E-state index in [2.05, 4.69) is 229 Å². The third kappa shape index (κ3) is 4.93. The molecule has 0 bridgehead atoms. The second kappa shape index (κ2) is 13.2. The van der Waals surface area contributed by atoms with Crippen LogP contribution < -0.4 is 4.90 Å². The largest absolute Gasteiger partial charge is 0.453 e. The van der Waals surface area contributed by atoms with Crippen LogP contribution in [0.15, 0.2) is 229 Å². The van der Waals surface area contributed by atoms with Gasteiger partial charge < -0.3 is 9.32 Å². The summed E-state index contributed by atoms with van der Waals surface area (Å²) in [7, 11) is 0. The molecule has 276 valence electrons. The van der Waals surface area contributed by atoms with E-state index < -0.39 is 5.41 Å². The van der Waals surface area contributed by atoms with Gasteiger partial charge in [0.15, 0.2) is 5.58 Å². The fourth-order valence-electron chi connectivity index (χ4n) is 10.0. The van der Waals surface area contributed by atoms with Crippen molar-refractivity contribution in [3.05, 3.63) is 247 Å². The van der Waals surface area contributed by atoms with Crippen LogP contribution in [0.25, 0.3) is 65.7 Å². The van der Waals surface area contributed by atoms with Gasteiger partial charge in [0.05, 0.1) is 16.8 Å². The lowest BCUT2D eigenvalue weighted by molar-refractivity contribution is 0.673. The topological polar surface area (TPSA) is 16.4 Å². The van der Waals surface area contributed by atoms with Crippen molar-refractivity contribution < 1.29 is 4.42 Å². The highest BCUT2D eigenvalue weighted by Crippen LogP contribution is 2.60. The maximum Gasteiger partial charge on any atom is 0.159 e. The zero-order valence-corrected chi connectivity index (χ0v) is 32.2. The van der Waals surface area contributed by atoms with Crippen molar-refractivity contribution in [2.24, 2.45) is 0 Å². The third-order valence-corrected chi connectivity index (χ3v) is 12.5. The Hall–Kier alpha value is -7.68. The molecule has 0 spiro atoms. The average Bonchev–Trinajstić information content (AvgIpc) is 3.85. The summed E-state index contributed by atoms with van der Waals surface area (Å²) in [5.74, 6) is 0. The molecule has 11 aromatic rings. The van der Waals surface area contributed by atoms with Crippen molar-refractivity contribution in [3.63, 3.8) is 0 Å². The number of anilines is 3. The first-order valence-electron chi connectivity index (χ1n) is 20.3. The summed E-state index contributed by atoms with van der Waals surface area (Å²) in [4.78, 5) is 2.43. The van der Waals surface area contributed by atoms with E-state index in [9.17, 15) is 0 Å². The molecule has 0 fully saturated rings. The molecule has 0 aliphatic heterocycles. The van der Waals surface area contributed by atoms with Crippen LogP contribution in [0.3, 0.4) is 0 Å². The maximum absolute atomic E-state index is 7.09. The molecule has 0 unspecified atom stereocenters. The van der Waals surface area contributed by atoms with Crippen molar-refractivity contribution in [1.82, 2.24) is 0 Å². The van der Waals surface area contributed by atoms with Crippen molar-refractivity contribution in [2.45, 2.75) is 5.41 Å². The summed E-state index contributed by atoms with van der Waals surface area (Å²) in [6, 6.07) is 81.7. The van der Waals surface area contributed by atoms with Gasteiger partial charge in [-0.25, -0.2) is 0 Å². The first-order chi connectivity index (χ1) is 29.3. The van der Waals surface area contributed by atoms with Gasteiger partial charge in [-0.2, -0.15) is 0 Å². The fourth-order valence-corrected chi connectivity index (χ4v) is 10.0. The SMILES string of the molecule is c1ccc(C2(c3ccccc3)c3ccccc3-c3c(N(c4ccc(-c5cccc6ccccc56)cc4)c4cccc5c4oc4c6ccccc6ccc54)cccc32)cc1. The summed E-state index contributed by atoms with van der Waals surface area (Å²) in [6.07, 6.45) is 0. The number of nitrogens with zero attached hydrogens (tertiary/aromatic N) is 1. The van der Waals surface area contributed by atoms with E-state index in [0.29, 0.717) is 0 Å². The molecule has 12 rings (SSSR count). The van der Waals surface area contributed by atoms with Gasteiger partial charge in [-0.3, -0.25) is 0 Å². The molecule has 1 heterocycles. The summed E-state index contributed by atoms with van der Waals surface area (Å²) >= 11 is 0. The van der Waals surface area contributed by atoms with Gasteiger partial charge in [-0.05, 0) is 85.4 Å². The van der Waals surface area contributed by atoms with Crippen molar-refractivity contribution in [3.8, 4) is 22.3 Å². The second-order valence-corrected chi connectivity index (χ2v) is 15.6. The van der Waals surface area contributed by atoms with Gasteiger partial charge in [0.25, 0.3) is 0 Å². The molecule has 0 atom stereocenters. The Morgan fingerprint density at radius 2 is 0.881 bits per heavy atom. The molecular weight excluding hydrogens is 715 g/mol. The lowest BCUT2D eigenvalue weighted by Gasteiger charge is -2.34. The second-order valence-electron chi connectivity index (χ2n) is 15.6. The molecule has 0 amide bonds. The Bertz CT molecular complexity index is 3340. The highest BCUT2D eigenvalue weighted by atomic mass is 16.3. The van der Waals surface area contributed by atoms with E-state index in [1.807, 2.05) is 0 Å². The number of hydrogen-bond donors (Lipinski definition) is 0. The number of fused-ring (bicyclic) bond motifs is 9. The summed E-state index contributed by atoms with van der Waals surface area (Å²) in [5, 5.41) is 6.97. The Balaban J connectivity index is 1.15. The lowest BCUT2D eigenvalue weighted by atomic mass is 9.68. The van der Waals surface area contributed by atoms with E-state index in [-0.39, 0.29) is 0 Å². The summed E-state index contributed by atoms with van der Waals surface area (Å²) < 4.78 is 7.09. The average molecular weight is 752 g/mol. The van der Waals surface area contributed by atoms with Gasteiger partial charge >= 0.3 is 0 Å². The van der Waals surface area contributed by atoms with Crippen molar-refractivity contribution in [1.29, 1.82) is 0 Å². The molecule has 0 saturated carbocycles. The van der Waals surface area contributed by atoms with Gasteiger partial charge in [0.2, 0.25) is 0 Å². The van der Waals surface area contributed by atoms with Crippen LogP contribution >= 0.6 is 0 Å². The van der Waals surface area contributed by atoms with Gasteiger partial charge in [-0.15, -0.1) is 0 Å². The number of hydrogen-bond acceptors (Lipinski definition) is 2. The molecule has 2 nitrogen and oxygen atoms in total. The predicted molar refractivity (Wildman–Crippen MR) is 246 cm³/mol. The lowest BCUT2D eigenvalue weighted by Crippen LogP contribution is -2.28. The van der Waals surface area contributed by atoms with Crippen LogP contribution in [-0.4, -0.2) is 0 Å². The highest BCUT2D eigenvalue weighted by Gasteiger charge is 2.47. The number of furan rings is 1. The number of benzene rings is 10. The minimum Gasteiger partial charge on any atom is -0.453 e. The zero-order valence-electron chi connectivity index (χ0n) is 32.2. The van der Waals surface area contributed by atoms with Crippen molar-refractivity contribution in [2.75, 3.05) is 4.90 Å². The molecular formula is C57H37NO. The van der Waals surface area contributed by atoms with E-state index in [1.165, 1.54) is 55.3 Å². The maximum atomic E-state index is 7.09. The molecule has 1 aromatic heterocycles. The van der Waals surface area contributed by atoms with Crippen LogP contribution in [0.2, 0.25) is 0 Å². The predicted octanol–water partition coefficient (Wildman–Crippen LogP) is 15.4. The van der Waals surface area contributed by atoms with Gasteiger partial charge in [0.1, 0.15) is 5.58 Å². The Morgan fingerprint density at radius 1 is 0.339 bits per heavy atom. The molecule has 0 N–H and O–H groups in total. The molecule has 2 heteroatoms. The Morgan fingerprint density at radius 3 is 1.66 bits per heavy atom. The summed E-state index contributed by atoms with van der Waals surface area (Å²) in [5.41, 5.74) is 14.2. The standard InChI is InChI=1S/C57H37NO/c1-3-19-41(20-4-1)57(42-21-5-2-6-22-42)50-28-12-11-25-49(50)54-51(57)29-15-30-52(54)58(43-35-32-40(33-36-43)45-26-13-18-38-16-7-9-23-44(38)45)53-31-14-27-47-48-37-34-39-17-8-10-24-46(39)55(48)59-56(47)53/h1-37H. The molecule has 1 aliphatic carbocycles. The van der Waals surface area contributed by atoms with Crippen molar-refractivity contribution >= 4 is 60.5 Å². The van der Waals surface area contributed by atoms with E-state index in [0.717, 1.165) is 49.8 Å². The van der Waals surface area contributed by atoms with Crippen LogP contribution in [-0.2, 0) is 5.41 Å². The van der Waals surface area contributed by atoms with Gasteiger partial charge in [-0.1, -0.05) is 194 Å². The Kier molecular flexibility index (Phi) is 7.48. The minimum atomic E-state index is -0.529. The minimum absolute atomic E-state index is 0.529. The molecule has 1 aliphatic rings. The first-order valence-corrected chi connectivity index (χ1v) is 20.3. The van der Waals surface area contributed by atoms with Crippen LogP contribution in [0.5, 0.6) is 0 Å². The van der Waals surface area contributed by atoms with E-state index >= 15 is 0 Å². The van der Waals surface area contributed by atoms with E-state index in [1.54, 1.807) is 0 Å². The highest BCUT2D eigenvalue weighted by molar-refractivity contribution is 6.18. The zero-order chi connectivity index (χ0) is 38.9. The first kappa shape index (κ1) is 33.5. The monoisotopic (exact) mass is 751 g/mol. The van der Waals surface area contributed by atoms with Crippen LogP contribution in [0.1, 0.15) is 22.3 Å². The van der Waals surface area contributed by atoms with Gasteiger partial charge in [0, 0.05) is 27.4 Å².